The molecule has 0 radical (unpaired) electrons. The number of nitrogens with zero attached hydrogens (tertiary/aromatic N) is 2. The van der Waals surface area contributed by atoms with Gasteiger partial charge in [0.05, 0.1) is 12.2 Å². The molecule has 0 aliphatic carbocycles. The fraction of sp³-hybridized carbons (Fsp3) is 0.214. The Kier molecular flexibility index (Phi) is 6.45. The predicted octanol–water partition coefficient (Wildman–Crippen LogP) is 3.75. The van der Waals surface area contributed by atoms with Crippen molar-refractivity contribution in [2.24, 2.45) is 5.73 Å². The number of aromatic nitrogens is 2. The van der Waals surface area contributed by atoms with Crippen molar-refractivity contribution in [3.8, 4) is 17.0 Å². The maximum atomic E-state index is 14.5. The molecule has 0 saturated heterocycles. The molecule has 12 heteroatoms. The SMILES string of the molecule is C[C@]1(C(N)=O)COc2c1cc(C(O)(CNC(=O)c1ccc3cnccc3c1)C(F)(F)F)nc2-c1ccc(F)cc1. The van der Waals surface area contributed by atoms with Crippen LogP contribution in [0.25, 0.3) is 22.0 Å². The number of rotatable bonds is 6. The first-order valence-corrected chi connectivity index (χ1v) is 12.0. The van der Waals surface area contributed by atoms with E-state index >= 15 is 0 Å². The van der Waals surface area contributed by atoms with Crippen LogP contribution in [0.4, 0.5) is 17.6 Å². The Labute approximate surface area is 224 Å². The van der Waals surface area contributed by atoms with Gasteiger partial charge in [-0.2, -0.15) is 13.2 Å². The Morgan fingerprint density at radius 3 is 2.50 bits per heavy atom. The van der Waals surface area contributed by atoms with Gasteiger partial charge in [-0.25, -0.2) is 9.37 Å². The quantitative estimate of drug-likeness (QED) is 0.312. The van der Waals surface area contributed by atoms with Crippen molar-refractivity contribution < 1.29 is 37.0 Å². The number of primary amides is 1. The van der Waals surface area contributed by atoms with Gasteiger partial charge in [0, 0.05) is 34.5 Å². The minimum atomic E-state index is -5.32. The molecule has 40 heavy (non-hydrogen) atoms. The molecule has 4 N–H and O–H groups in total. The summed E-state index contributed by atoms with van der Waals surface area (Å²) in [6.45, 7) is -0.189. The average molecular weight is 555 g/mol. The molecule has 8 nitrogen and oxygen atoms in total. The second kappa shape index (κ2) is 9.56. The van der Waals surface area contributed by atoms with Crippen LogP contribution in [0.1, 0.15) is 28.5 Å². The number of pyridine rings is 2. The topological polar surface area (TPSA) is 127 Å². The summed E-state index contributed by atoms with van der Waals surface area (Å²) in [6, 6.07) is 11.7. The van der Waals surface area contributed by atoms with Gasteiger partial charge in [0.2, 0.25) is 11.5 Å². The lowest BCUT2D eigenvalue weighted by Crippen LogP contribution is -2.51. The van der Waals surface area contributed by atoms with Crippen LogP contribution in [-0.2, 0) is 15.8 Å². The summed E-state index contributed by atoms with van der Waals surface area (Å²) in [5.41, 5.74) is -0.513. The Balaban J connectivity index is 1.58. The van der Waals surface area contributed by atoms with Gasteiger partial charge in [-0.1, -0.05) is 6.07 Å². The van der Waals surface area contributed by atoms with E-state index in [1.165, 1.54) is 37.4 Å². The highest BCUT2D eigenvalue weighted by Gasteiger charge is 2.57. The van der Waals surface area contributed by atoms with Gasteiger partial charge in [-0.05, 0) is 60.8 Å². The number of benzene rings is 2. The Hall–Kier alpha value is -4.58. The Morgan fingerprint density at radius 1 is 1.10 bits per heavy atom. The minimum absolute atomic E-state index is 0.0177. The molecule has 2 aromatic heterocycles. The molecule has 206 valence electrons. The molecule has 1 aliphatic heterocycles. The molecule has 2 aromatic carbocycles. The van der Waals surface area contributed by atoms with Crippen LogP contribution >= 0.6 is 0 Å². The third kappa shape index (κ3) is 4.49. The van der Waals surface area contributed by atoms with Crippen LogP contribution in [0.2, 0.25) is 0 Å². The van der Waals surface area contributed by atoms with E-state index in [9.17, 15) is 32.3 Å². The van der Waals surface area contributed by atoms with Crippen LogP contribution in [0.3, 0.4) is 0 Å². The van der Waals surface area contributed by atoms with E-state index < -0.39 is 47.1 Å². The minimum Gasteiger partial charge on any atom is -0.489 e. The van der Waals surface area contributed by atoms with Crippen LogP contribution in [0.15, 0.2) is 67.0 Å². The normalized spacial score (nSPS) is 18.1. The van der Waals surface area contributed by atoms with Crippen LogP contribution in [0, 0.1) is 5.82 Å². The lowest BCUT2D eigenvalue weighted by Gasteiger charge is -2.31. The first kappa shape index (κ1) is 27.0. The zero-order valence-electron chi connectivity index (χ0n) is 20.9. The predicted molar refractivity (Wildman–Crippen MR) is 136 cm³/mol. The molecule has 1 aliphatic rings. The highest BCUT2D eigenvalue weighted by molar-refractivity contribution is 5.98. The summed E-state index contributed by atoms with van der Waals surface area (Å²) in [4.78, 5) is 33.2. The zero-order chi connectivity index (χ0) is 28.9. The lowest BCUT2D eigenvalue weighted by molar-refractivity contribution is -0.265. The van der Waals surface area contributed by atoms with Crippen LogP contribution in [-0.4, -0.2) is 46.2 Å². The van der Waals surface area contributed by atoms with Crippen molar-refractivity contribution in [2.75, 3.05) is 13.2 Å². The van der Waals surface area contributed by atoms with Crippen LogP contribution in [0.5, 0.6) is 5.75 Å². The third-order valence-corrected chi connectivity index (χ3v) is 7.03. The van der Waals surface area contributed by atoms with E-state index in [4.69, 9.17) is 10.5 Å². The largest absolute Gasteiger partial charge is 0.489 e. The third-order valence-electron chi connectivity index (χ3n) is 7.03. The number of nitrogens with one attached hydrogen (secondary N) is 1. The summed E-state index contributed by atoms with van der Waals surface area (Å²) in [6.07, 6.45) is -2.24. The molecular formula is C28H22F4N4O4. The number of hydrogen-bond donors (Lipinski definition) is 3. The smallest absolute Gasteiger partial charge is 0.424 e. The Morgan fingerprint density at radius 2 is 1.82 bits per heavy atom. The average Bonchev–Trinajstić information content (AvgIpc) is 3.28. The first-order chi connectivity index (χ1) is 18.8. The number of aliphatic hydroxyl groups is 1. The summed E-state index contributed by atoms with van der Waals surface area (Å²) >= 11 is 0. The van der Waals surface area contributed by atoms with E-state index in [0.717, 1.165) is 23.6 Å². The second-order valence-corrected chi connectivity index (χ2v) is 9.70. The fourth-order valence-corrected chi connectivity index (χ4v) is 4.47. The van der Waals surface area contributed by atoms with Gasteiger partial charge in [0.25, 0.3) is 5.91 Å². The number of halogens is 4. The van der Waals surface area contributed by atoms with Crippen molar-refractivity contribution in [1.29, 1.82) is 0 Å². The summed E-state index contributed by atoms with van der Waals surface area (Å²) in [5.74, 6) is -2.36. The first-order valence-electron chi connectivity index (χ1n) is 12.0. The van der Waals surface area contributed by atoms with Gasteiger partial charge in [-0.3, -0.25) is 14.6 Å². The molecular weight excluding hydrogens is 532 g/mol. The van der Waals surface area contributed by atoms with E-state index in [0.29, 0.717) is 5.39 Å². The van der Waals surface area contributed by atoms with Gasteiger partial charge in [0.15, 0.2) is 0 Å². The number of nitrogens with two attached hydrogens (primary N) is 1. The number of fused-ring (bicyclic) bond motifs is 2. The molecule has 0 spiro atoms. The highest BCUT2D eigenvalue weighted by Crippen LogP contribution is 2.47. The molecule has 3 heterocycles. The van der Waals surface area contributed by atoms with E-state index in [1.807, 2.05) is 0 Å². The molecule has 1 unspecified atom stereocenters. The molecule has 0 fully saturated rings. The molecule has 5 rings (SSSR count). The second-order valence-electron chi connectivity index (χ2n) is 9.70. The molecule has 4 aromatic rings. The van der Waals surface area contributed by atoms with Gasteiger partial charge in [-0.15, -0.1) is 0 Å². The fourth-order valence-electron chi connectivity index (χ4n) is 4.47. The van der Waals surface area contributed by atoms with Crippen LogP contribution < -0.4 is 15.8 Å². The van der Waals surface area contributed by atoms with Gasteiger partial charge in [0.1, 0.15) is 29.3 Å². The summed E-state index contributed by atoms with van der Waals surface area (Å²) < 4.78 is 62.8. The van der Waals surface area contributed by atoms with Gasteiger partial charge >= 0.3 is 6.18 Å². The number of hydrogen-bond acceptors (Lipinski definition) is 6. The highest BCUT2D eigenvalue weighted by atomic mass is 19.4. The number of carbonyl (C=O) groups is 2. The van der Waals surface area contributed by atoms with Crippen molar-refractivity contribution in [2.45, 2.75) is 24.1 Å². The molecule has 0 bridgehead atoms. The van der Waals surface area contributed by atoms with Crippen molar-refractivity contribution in [3.05, 3.63) is 89.6 Å². The molecule has 2 atom stereocenters. The monoisotopic (exact) mass is 554 g/mol. The van der Waals surface area contributed by atoms with Gasteiger partial charge < -0.3 is 20.9 Å². The summed E-state index contributed by atoms with van der Waals surface area (Å²) in [7, 11) is 0. The van der Waals surface area contributed by atoms with E-state index in [-0.39, 0.29) is 34.7 Å². The number of alkyl halides is 3. The Bertz CT molecular complexity index is 1640. The van der Waals surface area contributed by atoms with Crippen molar-refractivity contribution >= 4 is 22.6 Å². The number of carbonyl (C=O) groups excluding carboxylic acids is 2. The van der Waals surface area contributed by atoms with Crippen molar-refractivity contribution in [3.63, 3.8) is 0 Å². The standard InChI is InChI=1S/C28H22F4N4O4/c1-26(25(33)38)14-40-23-20(26)11-21(36-22(23)15-4-6-19(29)7-5-15)27(39,28(30,31)32)13-35-24(37)17-2-3-18-12-34-9-8-16(18)10-17/h2-12,39H,13-14H2,1H3,(H2,33,38)(H,35,37)/t26-,27?/m0/s1. The van der Waals surface area contributed by atoms with Crippen molar-refractivity contribution in [1.82, 2.24) is 15.3 Å². The number of ether oxygens (including phenoxy) is 1. The molecule has 2 amide bonds. The number of amides is 2. The maximum absolute atomic E-state index is 14.5. The lowest BCUT2D eigenvalue weighted by atomic mass is 9.81. The van der Waals surface area contributed by atoms with E-state index in [1.54, 1.807) is 18.3 Å². The van der Waals surface area contributed by atoms with E-state index in [2.05, 4.69) is 15.3 Å². The maximum Gasteiger partial charge on any atom is 0.424 e. The zero-order valence-corrected chi connectivity index (χ0v) is 20.9. The summed E-state index contributed by atoms with van der Waals surface area (Å²) in [5, 5.41) is 14.6. The molecule has 0 saturated carbocycles.